The summed E-state index contributed by atoms with van der Waals surface area (Å²) in [4.78, 5) is 17.0. The molecule has 2 aromatic rings. The lowest BCUT2D eigenvalue weighted by Crippen LogP contribution is -2.45. The Morgan fingerprint density at radius 3 is 2.55 bits per heavy atom. The highest BCUT2D eigenvalue weighted by molar-refractivity contribution is 5.42. The van der Waals surface area contributed by atoms with Crippen LogP contribution in [0.2, 0.25) is 0 Å². The van der Waals surface area contributed by atoms with Crippen molar-refractivity contribution in [3.8, 4) is 0 Å². The summed E-state index contributed by atoms with van der Waals surface area (Å²) in [7, 11) is 0. The van der Waals surface area contributed by atoms with Gasteiger partial charge in [-0.05, 0) is 12.5 Å². The number of fused-ring (bicyclic) bond motifs is 1. The molecule has 0 saturated heterocycles. The Balaban J connectivity index is 2.10. The minimum absolute atomic E-state index is 0.0613. The van der Waals surface area contributed by atoms with Crippen molar-refractivity contribution in [2.24, 2.45) is 0 Å². The predicted octanol–water partition coefficient (Wildman–Crippen LogP) is 2.76. The van der Waals surface area contributed by atoms with Crippen LogP contribution in [0, 0.1) is 0 Å². The minimum atomic E-state index is -4.44. The molecule has 0 amide bonds. The summed E-state index contributed by atoms with van der Waals surface area (Å²) in [6, 6.07) is 7.75. The van der Waals surface area contributed by atoms with Crippen LogP contribution in [0.4, 0.5) is 19.1 Å². The molecule has 1 aromatic carbocycles. The molecule has 2 atom stereocenters. The van der Waals surface area contributed by atoms with E-state index in [0.29, 0.717) is 0 Å². The lowest BCUT2D eigenvalue weighted by atomic mass is 10.1. The summed E-state index contributed by atoms with van der Waals surface area (Å²) in [6.07, 6.45) is -3.19. The van der Waals surface area contributed by atoms with E-state index in [9.17, 15) is 18.0 Å². The molecule has 0 radical (unpaired) electrons. The van der Waals surface area contributed by atoms with Gasteiger partial charge < -0.3 is 4.90 Å². The maximum atomic E-state index is 13.4. The van der Waals surface area contributed by atoms with Gasteiger partial charge in [0, 0.05) is 12.3 Å². The summed E-state index contributed by atoms with van der Waals surface area (Å²) < 4.78 is 41.3. The van der Waals surface area contributed by atoms with Crippen molar-refractivity contribution in [1.82, 2.24) is 9.55 Å². The Kier molecular flexibility index (Phi) is 3.42. The Morgan fingerprint density at radius 1 is 1.23 bits per heavy atom. The Bertz CT molecular complexity index is 727. The largest absolute Gasteiger partial charge is 0.410 e. The van der Waals surface area contributed by atoms with Crippen LogP contribution in [0.15, 0.2) is 47.4 Å². The maximum absolute atomic E-state index is 13.4. The Hall–Kier alpha value is -2.31. The molecule has 0 saturated carbocycles. The van der Waals surface area contributed by atoms with E-state index in [-0.39, 0.29) is 5.95 Å². The monoisotopic (exact) mass is 309 g/mol. The molecule has 0 fully saturated rings. The lowest BCUT2D eigenvalue weighted by Gasteiger charge is -2.32. The van der Waals surface area contributed by atoms with Gasteiger partial charge in [-0.15, -0.1) is 0 Å². The minimum Gasteiger partial charge on any atom is -0.321 e. The summed E-state index contributed by atoms with van der Waals surface area (Å²) in [6.45, 7) is 1.26. The second-order valence-electron chi connectivity index (χ2n) is 5.25. The van der Waals surface area contributed by atoms with E-state index in [4.69, 9.17) is 0 Å². The van der Waals surface area contributed by atoms with Gasteiger partial charge in [0.05, 0.1) is 12.6 Å². The van der Waals surface area contributed by atoms with Gasteiger partial charge in [-0.1, -0.05) is 30.3 Å². The quantitative estimate of drug-likeness (QED) is 0.856. The molecule has 7 heteroatoms. The fourth-order valence-electron chi connectivity index (χ4n) is 2.80. The molecule has 2 unspecified atom stereocenters. The third kappa shape index (κ3) is 2.36. The molecule has 1 aromatic heterocycles. The van der Waals surface area contributed by atoms with E-state index in [1.54, 1.807) is 37.3 Å². The average Bonchev–Trinajstić information content (AvgIpc) is 2.88. The van der Waals surface area contributed by atoms with Crippen LogP contribution in [0.3, 0.4) is 0 Å². The molecule has 3 rings (SSSR count). The molecular formula is C15H14F3N3O. The van der Waals surface area contributed by atoms with Crippen LogP contribution in [-0.2, 0) is 6.54 Å². The number of hydrogen-bond acceptors (Lipinski definition) is 3. The maximum Gasteiger partial charge on any atom is 0.410 e. The standard InChI is InChI=1S/C15H14F3N3O/c1-10(11-5-3-2-4-6-11)21-12(15(16,17)18)9-20-13(22)7-8-19-14(20)21/h2-8,10,12H,9H2,1H3. The van der Waals surface area contributed by atoms with Crippen molar-refractivity contribution in [3.05, 3.63) is 58.5 Å². The Morgan fingerprint density at radius 2 is 1.91 bits per heavy atom. The molecule has 116 valence electrons. The van der Waals surface area contributed by atoms with Gasteiger partial charge in [-0.3, -0.25) is 9.36 Å². The highest BCUT2D eigenvalue weighted by Gasteiger charge is 2.50. The normalized spacial score (nSPS) is 19.1. The van der Waals surface area contributed by atoms with E-state index >= 15 is 0 Å². The van der Waals surface area contributed by atoms with E-state index in [2.05, 4.69) is 4.98 Å². The van der Waals surface area contributed by atoms with E-state index in [0.717, 1.165) is 10.1 Å². The first kappa shape index (κ1) is 14.6. The highest BCUT2D eigenvalue weighted by Crippen LogP contribution is 2.39. The second kappa shape index (κ2) is 5.15. The fraction of sp³-hybridized carbons (Fsp3) is 0.333. The molecule has 0 bridgehead atoms. The summed E-state index contributed by atoms with van der Waals surface area (Å²) in [5, 5.41) is 0. The topological polar surface area (TPSA) is 38.1 Å². The van der Waals surface area contributed by atoms with Crippen molar-refractivity contribution in [2.45, 2.75) is 31.7 Å². The van der Waals surface area contributed by atoms with Gasteiger partial charge in [0.2, 0.25) is 5.95 Å². The van der Waals surface area contributed by atoms with Crippen LogP contribution in [0.1, 0.15) is 18.5 Å². The van der Waals surface area contributed by atoms with Gasteiger partial charge in [0.1, 0.15) is 6.04 Å². The van der Waals surface area contributed by atoms with Crippen molar-refractivity contribution < 1.29 is 13.2 Å². The molecule has 1 aliphatic heterocycles. The van der Waals surface area contributed by atoms with Crippen LogP contribution >= 0.6 is 0 Å². The van der Waals surface area contributed by atoms with Gasteiger partial charge in [-0.2, -0.15) is 13.2 Å². The number of alkyl halides is 3. The number of nitrogens with zero attached hydrogens (tertiary/aromatic N) is 3. The van der Waals surface area contributed by atoms with Gasteiger partial charge in [-0.25, -0.2) is 4.98 Å². The molecule has 2 heterocycles. The molecule has 22 heavy (non-hydrogen) atoms. The van der Waals surface area contributed by atoms with E-state index in [1.807, 2.05) is 0 Å². The molecular weight excluding hydrogens is 295 g/mol. The van der Waals surface area contributed by atoms with Gasteiger partial charge >= 0.3 is 6.18 Å². The second-order valence-corrected chi connectivity index (χ2v) is 5.25. The van der Waals surface area contributed by atoms with E-state index < -0.39 is 30.4 Å². The van der Waals surface area contributed by atoms with Crippen molar-refractivity contribution in [3.63, 3.8) is 0 Å². The molecule has 0 spiro atoms. The number of benzene rings is 1. The predicted molar refractivity (Wildman–Crippen MR) is 75.7 cm³/mol. The van der Waals surface area contributed by atoms with Gasteiger partial charge in [0.25, 0.3) is 5.56 Å². The highest BCUT2D eigenvalue weighted by atomic mass is 19.4. The smallest absolute Gasteiger partial charge is 0.321 e. The number of aromatic nitrogens is 2. The lowest BCUT2D eigenvalue weighted by molar-refractivity contribution is -0.149. The summed E-state index contributed by atoms with van der Waals surface area (Å²) >= 11 is 0. The molecule has 1 aliphatic rings. The van der Waals surface area contributed by atoms with Crippen molar-refractivity contribution in [1.29, 1.82) is 0 Å². The zero-order valence-electron chi connectivity index (χ0n) is 11.8. The first-order valence-corrected chi connectivity index (χ1v) is 6.85. The zero-order chi connectivity index (χ0) is 15.9. The van der Waals surface area contributed by atoms with Crippen LogP contribution in [0.25, 0.3) is 0 Å². The number of hydrogen-bond donors (Lipinski definition) is 0. The average molecular weight is 309 g/mol. The SMILES string of the molecule is CC(c1ccccc1)N1c2nccc(=O)n2CC1C(F)(F)F. The zero-order valence-corrected chi connectivity index (χ0v) is 11.8. The Labute approximate surface area is 124 Å². The van der Waals surface area contributed by atoms with Crippen molar-refractivity contribution >= 4 is 5.95 Å². The first-order chi connectivity index (χ1) is 10.4. The van der Waals surface area contributed by atoms with E-state index in [1.165, 1.54) is 17.2 Å². The number of rotatable bonds is 2. The van der Waals surface area contributed by atoms with Gasteiger partial charge in [0.15, 0.2) is 0 Å². The van der Waals surface area contributed by atoms with Crippen LogP contribution < -0.4 is 10.5 Å². The van der Waals surface area contributed by atoms with Crippen LogP contribution in [0.5, 0.6) is 0 Å². The molecule has 0 N–H and O–H groups in total. The number of halogens is 3. The first-order valence-electron chi connectivity index (χ1n) is 6.85. The van der Waals surface area contributed by atoms with Crippen molar-refractivity contribution in [2.75, 3.05) is 4.90 Å². The van der Waals surface area contributed by atoms with Crippen LogP contribution in [-0.4, -0.2) is 21.8 Å². The molecule has 0 aliphatic carbocycles. The third-order valence-corrected chi connectivity index (χ3v) is 3.91. The number of anilines is 1. The fourth-order valence-corrected chi connectivity index (χ4v) is 2.80. The third-order valence-electron chi connectivity index (χ3n) is 3.91. The summed E-state index contributed by atoms with van der Waals surface area (Å²) in [5.74, 6) is 0.0613. The molecule has 4 nitrogen and oxygen atoms in total. The summed E-state index contributed by atoms with van der Waals surface area (Å²) in [5.41, 5.74) is 0.269.